The van der Waals surface area contributed by atoms with Gasteiger partial charge in [0.15, 0.2) is 6.04 Å². The standard InChI is InChI=1S/C42H39BrN4O3/c43-32-21-23-33(24-22-32)47-27-25-30-14-7-8-17-34(30)40(47)39(42(49)50)45-38(31-15-5-2-6-16-31)35-18-9-10-19-36(35)44-41(48)37-20-11-26-46(37)28-29-12-3-1-4-13-29/h1-10,12-19,21-24,37,39-40H,11,20,25-28H2,(H,44,48)(H,49,50)/t37-,39-,40-/m0/s1. The van der Waals surface area contributed by atoms with Crippen LogP contribution in [0.5, 0.6) is 0 Å². The first-order valence-electron chi connectivity index (χ1n) is 17.1. The Balaban J connectivity index is 1.29. The molecule has 3 atom stereocenters. The highest BCUT2D eigenvalue weighted by Gasteiger charge is 2.39. The Labute approximate surface area is 301 Å². The molecule has 0 spiro atoms. The topological polar surface area (TPSA) is 85.2 Å². The fraction of sp³-hybridized carbons (Fsp3) is 0.214. The number of carbonyl (C=O) groups is 2. The van der Waals surface area contributed by atoms with Gasteiger partial charge in [0.2, 0.25) is 5.91 Å². The number of aliphatic imine (C=N–C) groups is 1. The minimum atomic E-state index is -1.16. The molecule has 2 aliphatic heterocycles. The van der Waals surface area contributed by atoms with E-state index in [1.165, 1.54) is 5.56 Å². The molecule has 0 radical (unpaired) electrons. The van der Waals surface area contributed by atoms with Crippen molar-refractivity contribution in [2.24, 2.45) is 4.99 Å². The zero-order chi connectivity index (χ0) is 34.5. The number of anilines is 2. The van der Waals surface area contributed by atoms with Gasteiger partial charge in [0.25, 0.3) is 0 Å². The van der Waals surface area contributed by atoms with Crippen LogP contribution in [0.4, 0.5) is 11.4 Å². The van der Waals surface area contributed by atoms with Crippen molar-refractivity contribution in [3.05, 3.63) is 166 Å². The molecule has 2 aliphatic rings. The number of carboxylic acid groups (broad SMARTS) is 1. The summed E-state index contributed by atoms with van der Waals surface area (Å²) in [5, 5.41) is 14.2. The van der Waals surface area contributed by atoms with E-state index in [0.29, 0.717) is 30.1 Å². The van der Waals surface area contributed by atoms with Crippen molar-refractivity contribution >= 4 is 44.9 Å². The highest BCUT2D eigenvalue weighted by atomic mass is 79.9. The molecule has 0 saturated carbocycles. The van der Waals surface area contributed by atoms with Crippen molar-refractivity contribution in [1.29, 1.82) is 0 Å². The molecule has 2 N–H and O–H groups in total. The van der Waals surface area contributed by atoms with Gasteiger partial charge >= 0.3 is 5.97 Å². The van der Waals surface area contributed by atoms with Gasteiger partial charge in [-0.1, -0.05) is 119 Å². The number of nitrogens with zero attached hydrogens (tertiary/aromatic N) is 3. The Morgan fingerprint density at radius 3 is 2.26 bits per heavy atom. The number of aliphatic carboxylic acids is 1. The molecule has 0 bridgehead atoms. The van der Waals surface area contributed by atoms with Gasteiger partial charge in [0.1, 0.15) is 0 Å². The van der Waals surface area contributed by atoms with E-state index >= 15 is 0 Å². The van der Waals surface area contributed by atoms with Gasteiger partial charge in [-0.05, 0) is 72.8 Å². The SMILES string of the molecule is O=C(O)[C@@H](N=C(c1ccccc1)c1ccccc1NC(=O)[C@@H]1CCCN1Cc1ccccc1)[C@@H]1c2ccccc2CCN1c1ccc(Br)cc1. The molecule has 1 amide bonds. The second kappa shape index (κ2) is 15.2. The molecule has 5 aromatic carbocycles. The predicted molar refractivity (Wildman–Crippen MR) is 203 cm³/mol. The summed E-state index contributed by atoms with van der Waals surface area (Å²) in [6.07, 6.45) is 2.51. The van der Waals surface area contributed by atoms with Crippen LogP contribution in [-0.4, -0.2) is 52.8 Å². The highest BCUT2D eigenvalue weighted by Crippen LogP contribution is 2.38. The lowest BCUT2D eigenvalue weighted by atomic mass is 9.87. The van der Waals surface area contributed by atoms with Crippen molar-refractivity contribution < 1.29 is 14.7 Å². The van der Waals surface area contributed by atoms with Crippen molar-refractivity contribution in [2.75, 3.05) is 23.3 Å². The first-order valence-corrected chi connectivity index (χ1v) is 17.9. The van der Waals surface area contributed by atoms with Gasteiger partial charge in [0.05, 0.1) is 23.5 Å². The average molecular weight is 728 g/mol. The smallest absolute Gasteiger partial charge is 0.330 e. The Morgan fingerprint density at radius 1 is 0.820 bits per heavy atom. The summed E-state index contributed by atoms with van der Waals surface area (Å²) in [5.74, 6) is -1.10. The normalized spacial score (nSPS) is 18.3. The van der Waals surface area contributed by atoms with E-state index in [9.17, 15) is 14.7 Å². The third kappa shape index (κ3) is 7.27. The van der Waals surface area contributed by atoms with Crippen molar-refractivity contribution in [1.82, 2.24) is 4.90 Å². The number of hydrogen-bond donors (Lipinski definition) is 2. The molecule has 5 aromatic rings. The number of rotatable bonds is 10. The molecule has 7 nitrogen and oxygen atoms in total. The van der Waals surface area contributed by atoms with Gasteiger partial charge < -0.3 is 15.3 Å². The third-order valence-corrected chi connectivity index (χ3v) is 10.2. The number of carbonyl (C=O) groups excluding carboxylic acids is 1. The highest BCUT2D eigenvalue weighted by molar-refractivity contribution is 9.10. The Hall–Kier alpha value is -5.05. The molecular formula is C42H39BrN4O3. The van der Waals surface area contributed by atoms with Gasteiger partial charge in [-0.2, -0.15) is 0 Å². The van der Waals surface area contributed by atoms with E-state index in [2.05, 4.69) is 49.2 Å². The molecule has 50 heavy (non-hydrogen) atoms. The van der Waals surface area contributed by atoms with E-state index in [1.54, 1.807) is 0 Å². The molecule has 2 heterocycles. The van der Waals surface area contributed by atoms with Gasteiger partial charge in [-0.15, -0.1) is 0 Å². The Kier molecular flexibility index (Phi) is 10.2. The first kappa shape index (κ1) is 33.4. The molecule has 1 saturated heterocycles. The molecule has 7 rings (SSSR count). The Morgan fingerprint density at radius 2 is 1.50 bits per heavy atom. The second-order valence-electron chi connectivity index (χ2n) is 12.8. The predicted octanol–water partition coefficient (Wildman–Crippen LogP) is 8.15. The number of hydrogen-bond acceptors (Lipinski definition) is 5. The molecule has 252 valence electrons. The number of benzene rings is 5. The number of fused-ring (bicyclic) bond motifs is 1. The van der Waals surface area contributed by atoms with E-state index in [4.69, 9.17) is 4.99 Å². The minimum absolute atomic E-state index is 0.0734. The van der Waals surface area contributed by atoms with E-state index in [1.807, 2.05) is 115 Å². The van der Waals surface area contributed by atoms with Crippen LogP contribution in [0.3, 0.4) is 0 Å². The van der Waals surface area contributed by atoms with Crippen LogP contribution in [0.1, 0.15) is 46.7 Å². The summed E-state index contributed by atoms with van der Waals surface area (Å²) in [5.41, 5.74) is 6.73. The molecular weight excluding hydrogens is 688 g/mol. The van der Waals surface area contributed by atoms with Gasteiger partial charge in [-0.25, -0.2) is 4.79 Å². The van der Waals surface area contributed by atoms with E-state index in [0.717, 1.165) is 52.7 Å². The summed E-state index contributed by atoms with van der Waals surface area (Å²) in [4.78, 5) is 37.0. The molecule has 1 fully saturated rings. The molecule has 0 aromatic heterocycles. The van der Waals surface area contributed by atoms with Crippen LogP contribution in [-0.2, 0) is 22.6 Å². The lowest BCUT2D eigenvalue weighted by Crippen LogP contribution is -2.44. The number of likely N-dealkylation sites (tertiary alicyclic amines) is 1. The van der Waals surface area contributed by atoms with Crippen LogP contribution in [0.25, 0.3) is 0 Å². The van der Waals surface area contributed by atoms with Crippen LogP contribution >= 0.6 is 15.9 Å². The van der Waals surface area contributed by atoms with Crippen LogP contribution in [0.15, 0.2) is 143 Å². The second-order valence-corrected chi connectivity index (χ2v) is 13.8. The van der Waals surface area contributed by atoms with Gasteiger partial charge in [0, 0.05) is 34.4 Å². The van der Waals surface area contributed by atoms with E-state index in [-0.39, 0.29) is 11.9 Å². The summed E-state index contributed by atoms with van der Waals surface area (Å²) in [7, 11) is 0. The average Bonchev–Trinajstić information content (AvgIpc) is 3.61. The maximum atomic E-state index is 14.0. The van der Waals surface area contributed by atoms with Crippen molar-refractivity contribution in [3.8, 4) is 0 Å². The zero-order valence-electron chi connectivity index (χ0n) is 27.7. The molecule has 0 unspecified atom stereocenters. The third-order valence-electron chi connectivity index (χ3n) is 9.69. The lowest BCUT2D eigenvalue weighted by molar-refractivity contribution is -0.139. The van der Waals surface area contributed by atoms with Gasteiger partial charge in [-0.3, -0.25) is 14.7 Å². The fourth-order valence-corrected chi connectivity index (χ4v) is 7.57. The number of carboxylic acids is 1. The lowest BCUT2D eigenvalue weighted by Gasteiger charge is -2.41. The first-order chi connectivity index (χ1) is 24.5. The van der Waals surface area contributed by atoms with Crippen LogP contribution in [0, 0.1) is 0 Å². The number of halogens is 1. The van der Waals surface area contributed by atoms with E-state index < -0.39 is 18.1 Å². The maximum Gasteiger partial charge on any atom is 0.330 e. The summed E-state index contributed by atoms with van der Waals surface area (Å²) in [6, 6.07) is 41.5. The molecule has 8 heteroatoms. The zero-order valence-corrected chi connectivity index (χ0v) is 29.2. The monoisotopic (exact) mass is 726 g/mol. The fourth-order valence-electron chi connectivity index (χ4n) is 7.30. The summed E-state index contributed by atoms with van der Waals surface area (Å²) >= 11 is 3.54. The molecule has 0 aliphatic carbocycles. The number of nitrogens with one attached hydrogen (secondary N) is 1. The van der Waals surface area contributed by atoms with Crippen LogP contribution in [0.2, 0.25) is 0 Å². The quantitative estimate of drug-likeness (QED) is 0.142. The Bertz CT molecular complexity index is 1980. The van der Waals surface area contributed by atoms with Crippen molar-refractivity contribution in [3.63, 3.8) is 0 Å². The summed E-state index contributed by atoms with van der Waals surface area (Å²) < 4.78 is 0.953. The maximum absolute atomic E-state index is 14.0. The van der Waals surface area contributed by atoms with Crippen LogP contribution < -0.4 is 10.2 Å². The largest absolute Gasteiger partial charge is 0.480 e. The summed E-state index contributed by atoms with van der Waals surface area (Å²) in [6.45, 7) is 2.20. The number of amides is 1. The minimum Gasteiger partial charge on any atom is -0.480 e. The van der Waals surface area contributed by atoms with Crippen molar-refractivity contribution in [2.45, 2.75) is 43.9 Å². The number of para-hydroxylation sites is 1.